The molecule has 0 bridgehead atoms. The van der Waals surface area contributed by atoms with Gasteiger partial charge in [0.25, 0.3) is 0 Å². The lowest BCUT2D eigenvalue weighted by Crippen LogP contribution is -2.53. The van der Waals surface area contributed by atoms with Gasteiger partial charge in [-0.1, -0.05) is 96.5 Å². The summed E-state index contributed by atoms with van der Waals surface area (Å²) < 4.78 is 14.3. The number of carbonyl (C=O) groups is 2. The van der Waals surface area contributed by atoms with E-state index in [0.717, 1.165) is 31.2 Å². The Hall–Kier alpha value is -2.25. The first kappa shape index (κ1) is 30.7. The van der Waals surface area contributed by atoms with Crippen LogP contribution < -0.4 is 5.32 Å². The molecule has 40 heavy (non-hydrogen) atoms. The highest BCUT2D eigenvalue weighted by Gasteiger charge is 2.32. The normalized spacial score (nSPS) is 14.5. The van der Waals surface area contributed by atoms with Crippen molar-refractivity contribution >= 4 is 58.4 Å². The van der Waals surface area contributed by atoms with E-state index < -0.39 is 11.9 Å². The van der Waals surface area contributed by atoms with Crippen molar-refractivity contribution in [3.05, 3.63) is 104 Å². The number of hydrogen-bond donors (Lipinski definition) is 1. The predicted octanol–water partition coefficient (Wildman–Crippen LogP) is 8.11. The summed E-state index contributed by atoms with van der Waals surface area (Å²) in [6.45, 7) is 0.130. The highest BCUT2D eigenvalue weighted by Crippen LogP contribution is 2.27. The Bertz CT molecular complexity index is 1280. The molecule has 9 heteroatoms. The van der Waals surface area contributed by atoms with E-state index in [1.165, 1.54) is 24.2 Å². The van der Waals surface area contributed by atoms with Gasteiger partial charge in [-0.3, -0.25) is 9.59 Å². The minimum absolute atomic E-state index is 0.0396. The molecule has 0 saturated heterocycles. The molecule has 1 saturated carbocycles. The molecular weight excluding hydrogens is 590 g/mol. The molecule has 0 aromatic heterocycles. The Morgan fingerprint density at radius 2 is 1.70 bits per heavy atom. The average molecular weight is 622 g/mol. The van der Waals surface area contributed by atoms with E-state index in [9.17, 15) is 14.0 Å². The maximum atomic E-state index is 14.3. The van der Waals surface area contributed by atoms with Crippen LogP contribution in [0.2, 0.25) is 15.1 Å². The van der Waals surface area contributed by atoms with Gasteiger partial charge in [-0.2, -0.15) is 0 Å². The summed E-state index contributed by atoms with van der Waals surface area (Å²) in [7, 11) is 0. The summed E-state index contributed by atoms with van der Waals surface area (Å²) in [6, 6.07) is 18.6. The third-order valence-electron chi connectivity index (χ3n) is 7.11. The van der Waals surface area contributed by atoms with E-state index in [1.807, 2.05) is 30.3 Å². The zero-order chi connectivity index (χ0) is 28.5. The molecule has 2 amide bonds. The summed E-state index contributed by atoms with van der Waals surface area (Å²) in [5.41, 5.74) is 1.98. The van der Waals surface area contributed by atoms with Crippen LogP contribution in [-0.2, 0) is 28.3 Å². The van der Waals surface area contributed by atoms with Crippen molar-refractivity contribution in [2.45, 2.75) is 62.9 Å². The van der Waals surface area contributed by atoms with Crippen molar-refractivity contribution in [2.24, 2.45) is 0 Å². The van der Waals surface area contributed by atoms with Gasteiger partial charge in [0.05, 0.1) is 5.75 Å². The summed E-state index contributed by atoms with van der Waals surface area (Å²) in [4.78, 5) is 29.3. The molecule has 3 aromatic rings. The van der Waals surface area contributed by atoms with Gasteiger partial charge in [-0.15, -0.1) is 11.8 Å². The van der Waals surface area contributed by atoms with Gasteiger partial charge in [-0.05, 0) is 48.2 Å². The van der Waals surface area contributed by atoms with Gasteiger partial charge in [0, 0.05) is 45.4 Å². The maximum absolute atomic E-state index is 14.3. The minimum Gasteiger partial charge on any atom is -0.352 e. The highest BCUT2D eigenvalue weighted by molar-refractivity contribution is 7.99. The predicted molar refractivity (Wildman–Crippen MR) is 164 cm³/mol. The van der Waals surface area contributed by atoms with Crippen LogP contribution >= 0.6 is 46.6 Å². The number of nitrogens with one attached hydrogen (secondary N) is 1. The van der Waals surface area contributed by atoms with Crippen molar-refractivity contribution in [3.63, 3.8) is 0 Å². The first-order valence-electron chi connectivity index (χ1n) is 13.4. The Labute approximate surface area is 254 Å². The highest BCUT2D eigenvalue weighted by atomic mass is 35.5. The third-order valence-corrected chi connectivity index (χ3v) is 9.00. The van der Waals surface area contributed by atoms with Crippen LogP contribution in [-0.4, -0.2) is 34.6 Å². The molecule has 0 spiro atoms. The number of hydrogen-bond acceptors (Lipinski definition) is 3. The second kappa shape index (κ2) is 15.1. The van der Waals surface area contributed by atoms with Crippen molar-refractivity contribution in [1.29, 1.82) is 0 Å². The first-order valence-corrected chi connectivity index (χ1v) is 15.7. The molecule has 4 nitrogen and oxygen atoms in total. The van der Waals surface area contributed by atoms with Crippen LogP contribution in [0.5, 0.6) is 0 Å². The minimum atomic E-state index is -0.763. The lowest BCUT2D eigenvalue weighted by Gasteiger charge is -2.33. The Balaban J connectivity index is 1.60. The fourth-order valence-electron chi connectivity index (χ4n) is 4.93. The Kier molecular flexibility index (Phi) is 11.6. The topological polar surface area (TPSA) is 49.4 Å². The quantitative estimate of drug-likeness (QED) is 0.235. The van der Waals surface area contributed by atoms with Gasteiger partial charge >= 0.3 is 0 Å². The average Bonchev–Trinajstić information content (AvgIpc) is 2.94. The number of benzene rings is 3. The molecule has 0 aliphatic heterocycles. The summed E-state index contributed by atoms with van der Waals surface area (Å²) in [5, 5.41) is 4.44. The van der Waals surface area contributed by atoms with Crippen LogP contribution in [0.4, 0.5) is 4.39 Å². The van der Waals surface area contributed by atoms with Gasteiger partial charge in [0.1, 0.15) is 11.9 Å². The lowest BCUT2D eigenvalue weighted by molar-refractivity contribution is -0.139. The van der Waals surface area contributed by atoms with Crippen molar-refractivity contribution < 1.29 is 14.0 Å². The lowest BCUT2D eigenvalue weighted by atomic mass is 9.94. The molecule has 0 radical (unpaired) electrons. The first-order chi connectivity index (χ1) is 19.3. The van der Waals surface area contributed by atoms with Crippen molar-refractivity contribution in [3.8, 4) is 0 Å². The molecule has 1 N–H and O–H groups in total. The molecule has 1 aliphatic rings. The zero-order valence-corrected chi connectivity index (χ0v) is 25.1. The van der Waals surface area contributed by atoms with Crippen LogP contribution in [0.25, 0.3) is 0 Å². The van der Waals surface area contributed by atoms with E-state index in [0.29, 0.717) is 32.6 Å². The number of rotatable bonds is 11. The van der Waals surface area contributed by atoms with Gasteiger partial charge in [-0.25, -0.2) is 4.39 Å². The second-order valence-electron chi connectivity index (χ2n) is 10.00. The van der Waals surface area contributed by atoms with Gasteiger partial charge in [0.2, 0.25) is 11.8 Å². The maximum Gasteiger partial charge on any atom is 0.243 e. The van der Waals surface area contributed by atoms with Crippen molar-refractivity contribution in [1.82, 2.24) is 10.2 Å². The largest absolute Gasteiger partial charge is 0.352 e. The fourth-order valence-corrected chi connectivity index (χ4v) is 6.64. The molecule has 0 unspecified atom stereocenters. The van der Waals surface area contributed by atoms with Crippen molar-refractivity contribution in [2.75, 3.05) is 5.75 Å². The van der Waals surface area contributed by atoms with Gasteiger partial charge in [0.15, 0.2) is 0 Å². The number of thioether (sulfide) groups is 1. The molecule has 3 aromatic carbocycles. The third kappa shape index (κ3) is 8.62. The molecule has 1 fully saturated rings. The number of amides is 2. The Morgan fingerprint density at radius 3 is 2.40 bits per heavy atom. The van der Waals surface area contributed by atoms with Crippen LogP contribution in [0.1, 0.15) is 48.8 Å². The monoisotopic (exact) mass is 620 g/mol. The smallest absolute Gasteiger partial charge is 0.243 e. The summed E-state index contributed by atoms with van der Waals surface area (Å²) in [5.74, 6) is -0.576. The second-order valence-corrected chi connectivity index (χ2v) is 12.2. The van der Waals surface area contributed by atoms with Crippen LogP contribution in [0, 0.1) is 5.82 Å². The van der Waals surface area contributed by atoms with E-state index in [1.54, 1.807) is 35.2 Å². The number of halogens is 4. The van der Waals surface area contributed by atoms with E-state index >= 15 is 0 Å². The number of nitrogens with zero attached hydrogens (tertiary/aromatic N) is 1. The van der Waals surface area contributed by atoms with E-state index in [4.69, 9.17) is 34.8 Å². The Morgan fingerprint density at radius 1 is 0.950 bits per heavy atom. The molecule has 1 atom stereocenters. The SMILES string of the molecule is O=C(NC1CCCCC1)[C@@H](Cc1ccccc1)N(Cc1ccc(Cl)cc1Cl)C(=O)CSCc1c(F)cccc1Cl. The molecule has 1 aliphatic carbocycles. The summed E-state index contributed by atoms with van der Waals surface area (Å²) >= 11 is 20.1. The van der Waals surface area contributed by atoms with Crippen LogP contribution in [0.3, 0.4) is 0 Å². The zero-order valence-electron chi connectivity index (χ0n) is 22.1. The molecular formula is C31H32Cl3FN2O2S. The standard InChI is InChI=1S/C31H32Cl3FN2O2S/c32-23-15-14-22(27(34)17-23)18-37(30(38)20-40-19-25-26(33)12-7-13-28(25)35)29(16-21-8-3-1-4-9-21)31(39)36-24-10-5-2-6-11-24/h1,3-4,7-9,12-15,17,24,29H,2,5-6,10-11,16,18-20H2,(H,36,39)/t29-/m1/s1. The van der Waals surface area contributed by atoms with E-state index in [-0.39, 0.29) is 35.9 Å². The molecule has 0 heterocycles. The molecule has 212 valence electrons. The van der Waals surface area contributed by atoms with Crippen LogP contribution in [0.15, 0.2) is 66.7 Å². The summed E-state index contributed by atoms with van der Waals surface area (Å²) in [6.07, 6.45) is 5.53. The van der Waals surface area contributed by atoms with Gasteiger partial charge < -0.3 is 10.2 Å². The fraction of sp³-hybridized carbons (Fsp3) is 0.355. The van der Waals surface area contributed by atoms with E-state index in [2.05, 4.69) is 5.32 Å². The number of carbonyl (C=O) groups excluding carboxylic acids is 2. The molecule has 4 rings (SSSR count).